The summed E-state index contributed by atoms with van der Waals surface area (Å²) < 4.78 is 18.0. The van der Waals surface area contributed by atoms with E-state index < -0.39 is 0 Å². The summed E-state index contributed by atoms with van der Waals surface area (Å²) in [5.41, 5.74) is 4.87. The molecule has 0 spiro atoms. The fraction of sp³-hybridized carbons (Fsp3) is 0.185. The Hall–Kier alpha value is -4.02. The van der Waals surface area contributed by atoms with Gasteiger partial charge in [0.1, 0.15) is 17.2 Å². The lowest BCUT2D eigenvalue weighted by Gasteiger charge is -2.11. The number of carbonyl (C=O) groups is 1. The molecular weight excluding hydrogens is 526 g/mol. The van der Waals surface area contributed by atoms with Gasteiger partial charge in [-0.25, -0.2) is 5.43 Å². The summed E-state index contributed by atoms with van der Waals surface area (Å²) in [4.78, 5) is 12.6. The molecule has 0 atom stereocenters. The minimum Gasteiger partial charge on any atom is -0.497 e. The number of aromatic nitrogens is 3. The molecule has 4 aromatic rings. The lowest BCUT2D eigenvalue weighted by molar-refractivity contribution is -0.118. The van der Waals surface area contributed by atoms with E-state index in [0.29, 0.717) is 39.7 Å². The van der Waals surface area contributed by atoms with Crippen LogP contribution in [-0.2, 0) is 4.79 Å². The number of methoxy groups -OCH3 is 2. The topological polar surface area (TPSA) is 99.9 Å². The highest BCUT2D eigenvalue weighted by atomic mass is 35.5. The Morgan fingerprint density at radius 2 is 1.76 bits per heavy atom. The van der Waals surface area contributed by atoms with Crippen LogP contribution in [0, 0.1) is 0 Å². The zero-order valence-electron chi connectivity index (χ0n) is 21.1. The maximum atomic E-state index is 12.6. The molecule has 0 fully saturated rings. The van der Waals surface area contributed by atoms with Crippen molar-refractivity contribution in [1.29, 1.82) is 0 Å². The van der Waals surface area contributed by atoms with Crippen LogP contribution in [0.4, 0.5) is 0 Å². The first kappa shape index (κ1) is 27.0. The van der Waals surface area contributed by atoms with E-state index in [2.05, 4.69) is 20.7 Å². The highest BCUT2D eigenvalue weighted by molar-refractivity contribution is 7.99. The second kappa shape index (κ2) is 13.0. The third-order valence-electron chi connectivity index (χ3n) is 5.30. The first-order chi connectivity index (χ1) is 18.5. The number of carbonyl (C=O) groups excluding carboxylic acids is 1. The Kier molecular flexibility index (Phi) is 9.23. The number of halogens is 1. The molecule has 0 saturated carbocycles. The number of nitrogens with one attached hydrogen (secondary N) is 1. The van der Waals surface area contributed by atoms with E-state index in [1.807, 2.05) is 47.9 Å². The van der Waals surface area contributed by atoms with Crippen LogP contribution >= 0.6 is 23.4 Å². The lowest BCUT2D eigenvalue weighted by atomic mass is 10.2. The van der Waals surface area contributed by atoms with Crippen molar-refractivity contribution >= 4 is 35.5 Å². The number of amides is 1. The molecule has 1 N–H and O–H groups in total. The molecule has 1 amide bonds. The van der Waals surface area contributed by atoms with Crippen molar-refractivity contribution in [2.45, 2.75) is 12.1 Å². The molecule has 9 nitrogen and oxygen atoms in total. The van der Waals surface area contributed by atoms with Gasteiger partial charge >= 0.3 is 0 Å². The quantitative estimate of drug-likeness (QED) is 0.154. The number of hydrogen-bond donors (Lipinski definition) is 1. The van der Waals surface area contributed by atoms with Crippen LogP contribution < -0.4 is 19.6 Å². The molecular formula is C27H26ClN5O4S. The van der Waals surface area contributed by atoms with Crippen LogP contribution in [0.5, 0.6) is 17.2 Å². The molecule has 1 aromatic heterocycles. The molecule has 38 heavy (non-hydrogen) atoms. The predicted molar refractivity (Wildman–Crippen MR) is 149 cm³/mol. The van der Waals surface area contributed by atoms with E-state index in [9.17, 15) is 4.79 Å². The maximum absolute atomic E-state index is 12.6. The van der Waals surface area contributed by atoms with Gasteiger partial charge in [-0.15, -0.1) is 10.2 Å². The van der Waals surface area contributed by atoms with Gasteiger partial charge in [-0.1, -0.05) is 23.4 Å². The van der Waals surface area contributed by atoms with Crippen LogP contribution in [0.15, 0.2) is 77.0 Å². The summed E-state index contributed by atoms with van der Waals surface area (Å²) in [5, 5.41) is 14.0. The highest BCUT2D eigenvalue weighted by Crippen LogP contribution is 2.29. The fourth-order valence-corrected chi connectivity index (χ4v) is 4.39. The first-order valence-corrected chi connectivity index (χ1v) is 13.0. The second-order valence-electron chi connectivity index (χ2n) is 7.77. The van der Waals surface area contributed by atoms with E-state index in [4.69, 9.17) is 25.8 Å². The zero-order valence-corrected chi connectivity index (χ0v) is 22.6. The summed E-state index contributed by atoms with van der Waals surface area (Å²) in [7, 11) is 3.14. The number of ether oxygens (including phenoxy) is 3. The molecule has 0 aliphatic carbocycles. The fourth-order valence-electron chi connectivity index (χ4n) is 3.52. The Morgan fingerprint density at radius 3 is 2.45 bits per heavy atom. The van der Waals surface area contributed by atoms with Crippen molar-refractivity contribution in [3.05, 3.63) is 77.3 Å². The Labute approximate surface area is 229 Å². The van der Waals surface area contributed by atoms with Crippen molar-refractivity contribution in [3.8, 4) is 34.3 Å². The van der Waals surface area contributed by atoms with Crippen LogP contribution in [0.1, 0.15) is 12.5 Å². The van der Waals surface area contributed by atoms with E-state index >= 15 is 0 Å². The van der Waals surface area contributed by atoms with Crippen LogP contribution in [0.3, 0.4) is 0 Å². The smallest absolute Gasteiger partial charge is 0.250 e. The van der Waals surface area contributed by atoms with E-state index in [1.54, 1.807) is 44.6 Å². The zero-order chi connectivity index (χ0) is 26.9. The third kappa shape index (κ3) is 6.64. The Balaban J connectivity index is 1.51. The van der Waals surface area contributed by atoms with Gasteiger partial charge in [-0.3, -0.25) is 9.36 Å². The van der Waals surface area contributed by atoms with Crippen molar-refractivity contribution in [3.63, 3.8) is 0 Å². The monoisotopic (exact) mass is 551 g/mol. The third-order valence-corrected chi connectivity index (χ3v) is 6.48. The summed E-state index contributed by atoms with van der Waals surface area (Å²) in [6, 6.07) is 20.3. The van der Waals surface area contributed by atoms with Crippen molar-refractivity contribution in [2.24, 2.45) is 5.10 Å². The average molecular weight is 552 g/mol. The second-order valence-corrected chi connectivity index (χ2v) is 9.14. The molecule has 0 unspecified atom stereocenters. The van der Waals surface area contributed by atoms with Gasteiger partial charge in [0.15, 0.2) is 11.0 Å². The molecule has 1 heterocycles. The SMILES string of the molecule is CCOc1ccc(-n2c(SCC(=O)NN=Cc3cc(OC)ccc3OC)nnc2-c2ccc(Cl)cc2)cc1. The van der Waals surface area contributed by atoms with Crippen molar-refractivity contribution < 1.29 is 19.0 Å². The van der Waals surface area contributed by atoms with Crippen LogP contribution in [-0.4, -0.2) is 53.5 Å². The van der Waals surface area contributed by atoms with E-state index in [1.165, 1.54) is 18.0 Å². The molecule has 0 radical (unpaired) electrons. The predicted octanol–water partition coefficient (Wildman–Crippen LogP) is 5.25. The number of hydrazone groups is 1. The summed E-state index contributed by atoms with van der Waals surface area (Å²) >= 11 is 7.32. The number of rotatable bonds is 11. The first-order valence-electron chi connectivity index (χ1n) is 11.6. The van der Waals surface area contributed by atoms with E-state index in [-0.39, 0.29) is 11.7 Å². The number of thioether (sulfide) groups is 1. The molecule has 196 valence electrons. The Bertz CT molecular complexity index is 1410. The molecule has 4 rings (SSSR count). The van der Waals surface area contributed by atoms with Crippen molar-refractivity contribution in [2.75, 3.05) is 26.6 Å². The largest absolute Gasteiger partial charge is 0.497 e. The van der Waals surface area contributed by atoms with Gasteiger partial charge in [0.05, 0.1) is 32.8 Å². The number of hydrogen-bond acceptors (Lipinski definition) is 8. The minimum absolute atomic E-state index is 0.0718. The Morgan fingerprint density at radius 1 is 1.03 bits per heavy atom. The van der Waals surface area contributed by atoms with Crippen LogP contribution in [0.2, 0.25) is 5.02 Å². The summed E-state index contributed by atoms with van der Waals surface area (Å²) in [5.74, 6) is 2.41. The minimum atomic E-state index is -0.303. The number of nitrogens with zero attached hydrogens (tertiary/aromatic N) is 4. The average Bonchev–Trinajstić information content (AvgIpc) is 3.36. The molecule has 0 aliphatic heterocycles. The van der Waals surface area contributed by atoms with Crippen LogP contribution in [0.25, 0.3) is 17.1 Å². The van der Waals surface area contributed by atoms with Crippen molar-refractivity contribution in [1.82, 2.24) is 20.2 Å². The summed E-state index contributed by atoms with van der Waals surface area (Å²) in [6.45, 7) is 2.51. The van der Waals surface area contributed by atoms with E-state index in [0.717, 1.165) is 17.0 Å². The molecule has 0 bridgehead atoms. The van der Waals surface area contributed by atoms with Gasteiger partial charge in [-0.05, 0) is 73.7 Å². The van der Waals surface area contributed by atoms with Gasteiger partial charge < -0.3 is 14.2 Å². The molecule has 0 saturated heterocycles. The normalized spacial score (nSPS) is 10.9. The maximum Gasteiger partial charge on any atom is 0.250 e. The molecule has 0 aliphatic rings. The standard InChI is InChI=1S/C27H26ClN5O4S/c1-4-37-22-11-9-21(10-12-22)33-26(18-5-7-20(28)8-6-18)31-32-27(33)38-17-25(34)30-29-16-19-15-23(35-2)13-14-24(19)36-3/h5-16H,4,17H2,1-3H3,(H,30,34). The van der Waals surface area contributed by atoms with Gasteiger partial charge in [-0.2, -0.15) is 5.10 Å². The van der Waals surface area contributed by atoms with Gasteiger partial charge in [0, 0.05) is 21.8 Å². The lowest BCUT2D eigenvalue weighted by Crippen LogP contribution is -2.20. The molecule has 3 aromatic carbocycles. The van der Waals surface area contributed by atoms with Gasteiger partial charge in [0.2, 0.25) is 0 Å². The number of benzene rings is 3. The highest BCUT2D eigenvalue weighted by Gasteiger charge is 2.17. The van der Waals surface area contributed by atoms with Gasteiger partial charge in [0.25, 0.3) is 5.91 Å². The molecule has 11 heteroatoms. The summed E-state index contributed by atoms with van der Waals surface area (Å²) in [6.07, 6.45) is 1.50.